The molecule has 142 valence electrons. The smallest absolute Gasteiger partial charge is 0.244 e. The highest BCUT2D eigenvalue weighted by molar-refractivity contribution is 5.90. The molecule has 1 N–H and O–H groups in total. The molecule has 5 heteroatoms. The lowest BCUT2D eigenvalue weighted by Crippen LogP contribution is -2.61. The van der Waals surface area contributed by atoms with E-state index in [2.05, 4.69) is 24.1 Å². The van der Waals surface area contributed by atoms with Crippen molar-refractivity contribution in [1.82, 2.24) is 15.1 Å². The fourth-order valence-electron chi connectivity index (χ4n) is 4.91. The van der Waals surface area contributed by atoms with Crippen LogP contribution >= 0.6 is 0 Å². The quantitative estimate of drug-likeness (QED) is 0.834. The summed E-state index contributed by atoms with van der Waals surface area (Å²) in [4.78, 5) is 30.0. The highest BCUT2D eigenvalue weighted by atomic mass is 16.2. The number of piperidine rings is 1. The third-order valence-corrected chi connectivity index (χ3v) is 6.17. The van der Waals surface area contributed by atoms with E-state index in [0.717, 1.165) is 58.2 Å². The molecule has 2 aliphatic heterocycles. The second-order valence-corrected chi connectivity index (χ2v) is 9.80. The topological polar surface area (TPSA) is 52.7 Å². The number of carbonyl (C=O) groups is 2. The number of rotatable bonds is 2. The molecule has 2 saturated heterocycles. The Bertz CT molecular complexity index is 536. The van der Waals surface area contributed by atoms with E-state index < -0.39 is 0 Å². The van der Waals surface area contributed by atoms with Gasteiger partial charge in [-0.3, -0.25) is 14.9 Å². The average Bonchev–Trinajstić information content (AvgIpc) is 3.07. The number of nitrogens with one attached hydrogen (secondary N) is 1. The first kappa shape index (κ1) is 18.7. The summed E-state index contributed by atoms with van der Waals surface area (Å²) in [5.41, 5.74) is -0.917. The summed E-state index contributed by atoms with van der Waals surface area (Å²) in [6.45, 7) is 12.6. The largest absolute Gasteiger partial charge is 0.342 e. The molecular formula is C20H35N3O2. The van der Waals surface area contributed by atoms with Gasteiger partial charge in [-0.25, -0.2) is 0 Å². The molecule has 0 bridgehead atoms. The first-order chi connectivity index (χ1) is 11.6. The number of likely N-dealkylation sites (tertiary alicyclic amines) is 1. The normalized spacial score (nSPS) is 25.6. The lowest BCUT2D eigenvalue weighted by atomic mass is 9.90. The zero-order valence-corrected chi connectivity index (χ0v) is 16.7. The van der Waals surface area contributed by atoms with E-state index in [0.29, 0.717) is 11.8 Å². The minimum atomic E-state index is -0.340. The van der Waals surface area contributed by atoms with Crippen LogP contribution in [0.3, 0.4) is 0 Å². The monoisotopic (exact) mass is 349 g/mol. The van der Waals surface area contributed by atoms with Gasteiger partial charge < -0.3 is 9.80 Å². The number of carbonyl (C=O) groups excluding carboxylic acids is 2. The summed E-state index contributed by atoms with van der Waals surface area (Å²) in [5.74, 6) is 0.986. The summed E-state index contributed by atoms with van der Waals surface area (Å²) in [7, 11) is 0. The molecule has 5 nitrogen and oxygen atoms in total. The Morgan fingerprint density at radius 3 is 2.16 bits per heavy atom. The van der Waals surface area contributed by atoms with Gasteiger partial charge in [-0.15, -0.1) is 0 Å². The Labute approximate surface area is 152 Å². The molecule has 3 aliphatic rings. The van der Waals surface area contributed by atoms with Crippen LogP contribution in [-0.2, 0) is 9.59 Å². The molecule has 2 amide bonds. The molecule has 0 unspecified atom stereocenters. The lowest BCUT2D eigenvalue weighted by molar-refractivity contribution is -0.143. The van der Waals surface area contributed by atoms with Gasteiger partial charge in [-0.05, 0) is 18.8 Å². The van der Waals surface area contributed by atoms with Crippen molar-refractivity contribution in [3.8, 4) is 0 Å². The number of amides is 2. The van der Waals surface area contributed by atoms with E-state index in [1.807, 2.05) is 25.7 Å². The maximum Gasteiger partial charge on any atom is 0.244 e. The van der Waals surface area contributed by atoms with E-state index in [1.165, 1.54) is 0 Å². The molecule has 0 aromatic heterocycles. The first-order valence-corrected chi connectivity index (χ1v) is 10.0. The molecule has 2 heterocycles. The summed E-state index contributed by atoms with van der Waals surface area (Å²) in [5, 5.41) is 3.82. The van der Waals surface area contributed by atoms with Crippen LogP contribution in [0.15, 0.2) is 0 Å². The number of hydrogen-bond acceptors (Lipinski definition) is 3. The van der Waals surface area contributed by atoms with Gasteiger partial charge in [0.2, 0.25) is 11.8 Å². The van der Waals surface area contributed by atoms with Crippen LogP contribution in [0.1, 0.15) is 73.1 Å². The van der Waals surface area contributed by atoms with Crippen LogP contribution in [0.5, 0.6) is 0 Å². The third kappa shape index (κ3) is 3.20. The van der Waals surface area contributed by atoms with E-state index in [1.54, 1.807) is 0 Å². The lowest BCUT2D eigenvalue weighted by Gasteiger charge is -2.46. The fraction of sp³-hybridized carbons (Fsp3) is 0.900. The molecule has 3 fully saturated rings. The zero-order chi connectivity index (χ0) is 18.5. The minimum Gasteiger partial charge on any atom is -0.342 e. The molecule has 1 saturated carbocycles. The molecule has 0 radical (unpaired) electrons. The van der Waals surface area contributed by atoms with Crippen molar-refractivity contribution in [3.63, 3.8) is 0 Å². The second kappa shape index (κ2) is 6.26. The molecular weight excluding hydrogens is 314 g/mol. The molecule has 3 rings (SSSR count). The van der Waals surface area contributed by atoms with Crippen LogP contribution in [0.25, 0.3) is 0 Å². The molecule has 0 aromatic rings. The van der Waals surface area contributed by atoms with E-state index >= 15 is 0 Å². The van der Waals surface area contributed by atoms with E-state index in [4.69, 9.17) is 0 Å². The van der Waals surface area contributed by atoms with Gasteiger partial charge in [-0.2, -0.15) is 0 Å². The van der Waals surface area contributed by atoms with Crippen molar-refractivity contribution >= 4 is 11.8 Å². The van der Waals surface area contributed by atoms with E-state index in [-0.39, 0.29) is 22.5 Å². The molecule has 0 aromatic carbocycles. The molecule has 25 heavy (non-hydrogen) atoms. The van der Waals surface area contributed by atoms with Gasteiger partial charge in [0.1, 0.15) is 0 Å². The van der Waals surface area contributed by atoms with Crippen molar-refractivity contribution in [2.24, 2.45) is 11.3 Å². The van der Waals surface area contributed by atoms with Crippen molar-refractivity contribution in [3.05, 3.63) is 0 Å². The van der Waals surface area contributed by atoms with Gasteiger partial charge in [0.15, 0.2) is 0 Å². The van der Waals surface area contributed by atoms with Crippen molar-refractivity contribution < 1.29 is 9.59 Å². The average molecular weight is 350 g/mol. The van der Waals surface area contributed by atoms with Crippen LogP contribution in [0.2, 0.25) is 0 Å². The number of nitrogens with zero attached hydrogens (tertiary/aromatic N) is 2. The third-order valence-electron chi connectivity index (χ3n) is 6.17. The summed E-state index contributed by atoms with van der Waals surface area (Å²) >= 11 is 0. The van der Waals surface area contributed by atoms with Crippen LogP contribution in [0.4, 0.5) is 0 Å². The van der Waals surface area contributed by atoms with Gasteiger partial charge in [0, 0.05) is 37.9 Å². The highest BCUT2D eigenvalue weighted by Crippen LogP contribution is 2.44. The molecule has 0 atom stereocenters. The van der Waals surface area contributed by atoms with Gasteiger partial charge in [0.25, 0.3) is 0 Å². The predicted octanol–water partition coefficient (Wildman–Crippen LogP) is 2.75. The predicted molar refractivity (Wildman–Crippen MR) is 98.9 cm³/mol. The van der Waals surface area contributed by atoms with Crippen LogP contribution in [-0.4, -0.2) is 52.5 Å². The van der Waals surface area contributed by atoms with Gasteiger partial charge >= 0.3 is 0 Å². The standard InChI is InChI=1S/C20H35N3O2/c1-15(2)14-23-17(25)19(8-6-7-9-19)21-20(23)10-12-22(13-11-20)16(24)18(3,4)5/h15,21H,6-14H2,1-5H3. The van der Waals surface area contributed by atoms with Gasteiger partial charge in [-0.1, -0.05) is 47.5 Å². The van der Waals surface area contributed by atoms with E-state index in [9.17, 15) is 9.59 Å². The highest BCUT2D eigenvalue weighted by Gasteiger charge is 2.60. The maximum absolute atomic E-state index is 13.3. The summed E-state index contributed by atoms with van der Waals surface area (Å²) in [6, 6.07) is 0. The second-order valence-electron chi connectivity index (χ2n) is 9.80. The fourth-order valence-corrected chi connectivity index (χ4v) is 4.91. The Hall–Kier alpha value is -1.10. The van der Waals surface area contributed by atoms with Crippen LogP contribution < -0.4 is 5.32 Å². The van der Waals surface area contributed by atoms with Crippen LogP contribution in [0, 0.1) is 11.3 Å². The molecule has 2 spiro atoms. The Morgan fingerprint density at radius 2 is 1.68 bits per heavy atom. The van der Waals surface area contributed by atoms with Crippen molar-refractivity contribution in [2.45, 2.75) is 84.3 Å². The van der Waals surface area contributed by atoms with Crippen molar-refractivity contribution in [2.75, 3.05) is 19.6 Å². The Morgan fingerprint density at radius 1 is 1.12 bits per heavy atom. The maximum atomic E-state index is 13.3. The zero-order valence-electron chi connectivity index (χ0n) is 16.7. The SMILES string of the molecule is CC(C)CN1C(=O)C2(CCCC2)NC12CCN(C(=O)C(C)(C)C)CC2. The van der Waals surface area contributed by atoms with Gasteiger partial charge in [0.05, 0.1) is 11.2 Å². The first-order valence-electron chi connectivity index (χ1n) is 10.0. The molecule has 1 aliphatic carbocycles. The Kier molecular flexibility index (Phi) is 4.68. The minimum absolute atomic E-state index is 0.220. The number of hydrogen-bond donors (Lipinski definition) is 1. The summed E-state index contributed by atoms with van der Waals surface area (Å²) in [6.07, 6.45) is 5.89. The Balaban J connectivity index is 1.80. The summed E-state index contributed by atoms with van der Waals surface area (Å²) < 4.78 is 0. The van der Waals surface area contributed by atoms with Crippen molar-refractivity contribution in [1.29, 1.82) is 0 Å².